The molecule has 0 aromatic heterocycles. The van der Waals surface area contributed by atoms with Crippen LogP contribution in [0, 0.1) is 0 Å². The van der Waals surface area contributed by atoms with Gasteiger partial charge in [-0.3, -0.25) is 9.59 Å². The van der Waals surface area contributed by atoms with E-state index in [1.807, 2.05) is 6.92 Å². The molecule has 23 heavy (non-hydrogen) atoms. The summed E-state index contributed by atoms with van der Waals surface area (Å²) in [4.78, 5) is 26.0. The Morgan fingerprint density at radius 1 is 1.30 bits per heavy atom. The third kappa shape index (κ3) is 4.59. The van der Waals surface area contributed by atoms with Crippen molar-refractivity contribution >= 4 is 41.5 Å². The number of halogens is 2. The lowest BCUT2D eigenvalue weighted by Crippen LogP contribution is -2.54. The summed E-state index contributed by atoms with van der Waals surface area (Å²) in [7, 11) is 3.33. The molecule has 5 nitrogen and oxygen atoms in total. The van der Waals surface area contributed by atoms with E-state index < -0.39 is 5.54 Å². The smallest absolute Gasteiger partial charge is 0.254 e. The fraction of sp³-hybridized carbons (Fsp3) is 0.500. The van der Waals surface area contributed by atoms with Crippen molar-refractivity contribution in [3.8, 4) is 0 Å². The minimum atomic E-state index is -0.566. The van der Waals surface area contributed by atoms with Crippen LogP contribution in [0.4, 0.5) is 5.69 Å². The first-order chi connectivity index (χ1) is 10.3. The Kier molecular flexibility index (Phi) is 6.86. The number of amides is 2. The lowest BCUT2D eigenvalue weighted by Gasteiger charge is -2.33. The van der Waals surface area contributed by atoms with Gasteiger partial charge in [-0.05, 0) is 50.9 Å². The maximum Gasteiger partial charge on any atom is 0.254 e. The Labute approximate surface area is 148 Å². The average Bonchev–Trinajstić information content (AvgIpc) is 2.49. The molecule has 1 aliphatic heterocycles. The van der Waals surface area contributed by atoms with Crippen LogP contribution in [-0.4, -0.2) is 42.9 Å². The van der Waals surface area contributed by atoms with Crippen molar-refractivity contribution in [1.29, 1.82) is 0 Å². The standard InChI is InChI=1S/C16H22ClN3O2.ClH/c1-16(8-4-5-9-18-16)15(22)19-11-6-7-13(17)12(10-11)14(21)20(2)3;/h6-7,10,18H,4-5,8-9H2,1-3H3,(H,19,22);1H. The third-order valence-corrected chi connectivity index (χ3v) is 4.31. The van der Waals surface area contributed by atoms with E-state index in [0.717, 1.165) is 25.8 Å². The van der Waals surface area contributed by atoms with Gasteiger partial charge in [0, 0.05) is 19.8 Å². The van der Waals surface area contributed by atoms with E-state index in [9.17, 15) is 9.59 Å². The van der Waals surface area contributed by atoms with E-state index >= 15 is 0 Å². The van der Waals surface area contributed by atoms with E-state index in [2.05, 4.69) is 10.6 Å². The van der Waals surface area contributed by atoms with Gasteiger partial charge in [-0.2, -0.15) is 0 Å². The number of hydrogen-bond acceptors (Lipinski definition) is 3. The lowest BCUT2D eigenvalue weighted by atomic mass is 9.90. The molecule has 1 unspecified atom stereocenters. The molecule has 1 aromatic rings. The highest BCUT2D eigenvalue weighted by Crippen LogP contribution is 2.24. The van der Waals surface area contributed by atoms with Crippen LogP contribution in [0.15, 0.2) is 18.2 Å². The van der Waals surface area contributed by atoms with E-state index in [4.69, 9.17) is 11.6 Å². The Balaban J connectivity index is 0.00000264. The first kappa shape index (κ1) is 19.7. The van der Waals surface area contributed by atoms with Crippen LogP contribution < -0.4 is 10.6 Å². The highest BCUT2D eigenvalue weighted by molar-refractivity contribution is 6.34. The van der Waals surface area contributed by atoms with Gasteiger partial charge in [0.05, 0.1) is 16.1 Å². The predicted octanol–water partition coefficient (Wildman–Crippen LogP) is 2.93. The molecule has 0 saturated carbocycles. The largest absolute Gasteiger partial charge is 0.345 e. The number of carbonyl (C=O) groups excluding carboxylic acids is 2. The molecule has 0 radical (unpaired) electrons. The molecular formula is C16H23Cl2N3O2. The molecule has 128 valence electrons. The number of piperidine rings is 1. The number of carbonyl (C=O) groups is 2. The monoisotopic (exact) mass is 359 g/mol. The molecule has 0 spiro atoms. The molecule has 2 rings (SSSR count). The zero-order valence-corrected chi connectivity index (χ0v) is 15.2. The fourth-order valence-electron chi connectivity index (χ4n) is 2.53. The predicted molar refractivity (Wildman–Crippen MR) is 95.6 cm³/mol. The first-order valence-corrected chi connectivity index (χ1v) is 7.79. The van der Waals surface area contributed by atoms with Crippen molar-refractivity contribution in [3.63, 3.8) is 0 Å². The maximum atomic E-state index is 12.5. The summed E-state index contributed by atoms with van der Waals surface area (Å²) in [6.07, 6.45) is 2.92. The molecule has 1 aromatic carbocycles. The third-order valence-electron chi connectivity index (χ3n) is 3.98. The van der Waals surface area contributed by atoms with Crippen LogP contribution in [0.1, 0.15) is 36.5 Å². The zero-order chi connectivity index (χ0) is 16.3. The summed E-state index contributed by atoms with van der Waals surface area (Å²) in [5.41, 5.74) is 0.392. The number of nitrogens with zero attached hydrogens (tertiary/aromatic N) is 1. The van der Waals surface area contributed by atoms with Gasteiger partial charge in [0.2, 0.25) is 5.91 Å². The van der Waals surface area contributed by atoms with E-state index in [-0.39, 0.29) is 24.2 Å². The van der Waals surface area contributed by atoms with Gasteiger partial charge in [0.15, 0.2) is 0 Å². The van der Waals surface area contributed by atoms with Gasteiger partial charge < -0.3 is 15.5 Å². The minimum Gasteiger partial charge on any atom is -0.345 e. The molecule has 1 atom stereocenters. The summed E-state index contributed by atoms with van der Waals surface area (Å²) in [5.74, 6) is -0.277. The Bertz CT molecular complexity index is 585. The second-order valence-corrected chi connectivity index (χ2v) is 6.47. The van der Waals surface area contributed by atoms with Crippen LogP contribution in [0.2, 0.25) is 5.02 Å². The molecule has 1 heterocycles. The van der Waals surface area contributed by atoms with Crippen LogP contribution in [0.5, 0.6) is 0 Å². The van der Waals surface area contributed by atoms with Gasteiger partial charge in [-0.1, -0.05) is 11.6 Å². The number of rotatable bonds is 3. The highest BCUT2D eigenvalue weighted by Gasteiger charge is 2.34. The van der Waals surface area contributed by atoms with Gasteiger partial charge in [-0.25, -0.2) is 0 Å². The number of benzene rings is 1. The van der Waals surface area contributed by atoms with Crippen molar-refractivity contribution in [2.45, 2.75) is 31.7 Å². The number of nitrogens with one attached hydrogen (secondary N) is 2. The van der Waals surface area contributed by atoms with Crippen molar-refractivity contribution < 1.29 is 9.59 Å². The Morgan fingerprint density at radius 2 is 2.00 bits per heavy atom. The van der Waals surface area contributed by atoms with E-state index in [0.29, 0.717) is 16.3 Å². The quantitative estimate of drug-likeness (QED) is 0.871. The van der Waals surface area contributed by atoms with Crippen molar-refractivity contribution in [2.24, 2.45) is 0 Å². The van der Waals surface area contributed by atoms with Gasteiger partial charge in [0.25, 0.3) is 5.91 Å². The SMILES string of the molecule is CN(C)C(=O)c1cc(NC(=O)C2(C)CCCCN2)ccc1Cl.Cl. The van der Waals surface area contributed by atoms with Gasteiger partial charge in [0.1, 0.15) is 0 Å². The molecule has 7 heteroatoms. The second-order valence-electron chi connectivity index (χ2n) is 6.06. The second kappa shape index (κ2) is 7.99. The first-order valence-electron chi connectivity index (χ1n) is 7.41. The average molecular weight is 360 g/mol. The lowest BCUT2D eigenvalue weighted by molar-refractivity contribution is -0.122. The minimum absolute atomic E-state index is 0. The molecule has 0 bridgehead atoms. The molecule has 2 N–H and O–H groups in total. The Hall–Kier alpha value is -1.30. The van der Waals surface area contributed by atoms with E-state index in [1.165, 1.54) is 4.90 Å². The summed E-state index contributed by atoms with van der Waals surface area (Å²) >= 11 is 6.08. The zero-order valence-electron chi connectivity index (χ0n) is 13.6. The highest BCUT2D eigenvalue weighted by atomic mass is 35.5. The van der Waals surface area contributed by atoms with Crippen LogP contribution in [0.3, 0.4) is 0 Å². The summed E-state index contributed by atoms with van der Waals surface area (Å²) in [6.45, 7) is 2.75. The molecule has 0 aliphatic carbocycles. The summed E-state index contributed by atoms with van der Waals surface area (Å²) in [5, 5.41) is 6.53. The molecule has 1 aliphatic rings. The normalized spacial score (nSPS) is 20.3. The van der Waals surface area contributed by atoms with Crippen molar-refractivity contribution in [3.05, 3.63) is 28.8 Å². The van der Waals surface area contributed by atoms with Crippen molar-refractivity contribution in [2.75, 3.05) is 26.0 Å². The van der Waals surface area contributed by atoms with E-state index in [1.54, 1.807) is 32.3 Å². The van der Waals surface area contributed by atoms with Crippen LogP contribution >= 0.6 is 24.0 Å². The van der Waals surface area contributed by atoms with Gasteiger partial charge >= 0.3 is 0 Å². The maximum absolute atomic E-state index is 12.5. The Morgan fingerprint density at radius 3 is 2.57 bits per heavy atom. The van der Waals surface area contributed by atoms with Gasteiger partial charge in [-0.15, -0.1) is 12.4 Å². The summed E-state index contributed by atoms with van der Waals surface area (Å²) < 4.78 is 0. The molecule has 1 saturated heterocycles. The molecule has 2 amide bonds. The topological polar surface area (TPSA) is 61.4 Å². The number of hydrogen-bond donors (Lipinski definition) is 2. The summed E-state index contributed by atoms with van der Waals surface area (Å²) in [6, 6.07) is 4.96. The number of anilines is 1. The molecular weight excluding hydrogens is 337 g/mol. The fourth-order valence-corrected chi connectivity index (χ4v) is 2.73. The van der Waals surface area contributed by atoms with Crippen LogP contribution in [-0.2, 0) is 4.79 Å². The van der Waals surface area contributed by atoms with Crippen molar-refractivity contribution in [1.82, 2.24) is 10.2 Å². The van der Waals surface area contributed by atoms with Crippen LogP contribution in [0.25, 0.3) is 0 Å². The molecule has 1 fully saturated rings.